The van der Waals surface area contributed by atoms with Crippen molar-refractivity contribution >= 4 is 11.8 Å². The number of hydrogen-bond donors (Lipinski definition) is 1. The first-order valence-corrected chi connectivity index (χ1v) is 7.43. The standard InChI is InChI=1S/C16H21FN2O3/c1-22-10-8-18-15(20)13-3-2-9-19(11-13)16(21)12-4-6-14(17)7-5-12/h4-7,13H,2-3,8-11H2,1H3,(H,18,20). The Bertz CT molecular complexity index is 519. The largest absolute Gasteiger partial charge is 0.383 e. The number of benzene rings is 1. The van der Waals surface area contributed by atoms with Crippen molar-refractivity contribution in [1.29, 1.82) is 0 Å². The van der Waals surface area contributed by atoms with Crippen molar-refractivity contribution in [3.63, 3.8) is 0 Å². The Balaban J connectivity index is 1.93. The van der Waals surface area contributed by atoms with Gasteiger partial charge in [-0.05, 0) is 37.1 Å². The highest BCUT2D eigenvalue weighted by atomic mass is 19.1. The van der Waals surface area contributed by atoms with Crippen LogP contribution in [0.5, 0.6) is 0 Å². The number of ether oxygens (including phenoxy) is 1. The summed E-state index contributed by atoms with van der Waals surface area (Å²) in [6.07, 6.45) is 1.56. The molecule has 120 valence electrons. The van der Waals surface area contributed by atoms with Crippen molar-refractivity contribution in [3.8, 4) is 0 Å². The van der Waals surface area contributed by atoms with Crippen LogP contribution in [0.2, 0.25) is 0 Å². The first-order chi connectivity index (χ1) is 10.6. The van der Waals surface area contributed by atoms with Gasteiger partial charge in [0, 0.05) is 32.3 Å². The van der Waals surface area contributed by atoms with Crippen molar-refractivity contribution in [2.45, 2.75) is 12.8 Å². The maximum atomic E-state index is 12.9. The minimum atomic E-state index is -0.370. The van der Waals surface area contributed by atoms with Gasteiger partial charge in [-0.2, -0.15) is 0 Å². The van der Waals surface area contributed by atoms with E-state index in [4.69, 9.17) is 4.74 Å². The average molecular weight is 308 g/mol. The molecule has 1 atom stereocenters. The van der Waals surface area contributed by atoms with Gasteiger partial charge in [0.25, 0.3) is 5.91 Å². The quantitative estimate of drug-likeness (QED) is 0.838. The predicted octanol–water partition coefficient (Wildman–Crippen LogP) is 1.44. The maximum absolute atomic E-state index is 12.9. The Labute approximate surface area is 129 Å². The molecule has 0 aromatic heterocycles. The van der Waals surface area contributed by atoms with E-state index in [2.05, 4.69) is 5.32 Å². The van der Waals surface area contributed by atoms with E-state index in [0.29, 0.717) is 31.8 Å². The van der Waals surface area contributed by atoms with Crippen molar-refractivity contribution in [3.05, 3.63) is 35.6 Å². The van der Waals surface area contributed by atoms with E-state index in [0.717, 1.165) is 12.8 Å². The highest BCUT2D eigenvalue weighted by molar-refractivity contribution is 5.94. The number of likely N-dealkylation sites (tertiary alicyclic amines) is 1. The van der Waals surface area contributed by atoms with Crippen LogP contribution >= 0.6 is 0 Å². The second-order valence-corrected chi connectivity index (χ2v) is 5.38. The Morgan fingerprint density at radius 1 is 1.36 bits per heavy atom. The Morgan fingerprint density at radius 2 is 2.09 bits per heavy atom. The second-order valence-electron chi connectivity index (χ2n) is 5.38. The highest BCUT2D eigenvalue weighted by Gasteiger charge is 2.28. The van der Waals surface area contributed by atoms with Crippen LogP contribution in [0.25, 0.3) is 0 Å². The molecule has 1 unspecified atom stereocenters. The van der Waals surface area contributed by atoms with Gasteiger partial charge in [-0.25, -0.2) is 4.39 Å². The average Bonchev–Trinajstić information content (AvgIpc) is 2.55. The Hall–Kier alpha value is -1.95. The third-order valence-corrected chi connectivity index (χ3v) is 3.78. The molecule has 1 N–H and O–H groups in total. The lowest BCUT2D eigenvalue weighted by atomic mass is 9.96. The van der Waals surface area contributed by atoms with Crippen LogP contribution in [-0.2, 0) is 9.53 Å². The monoisotopic (exact) mass is 308 g/mol. The van der Waals surface area contributed by atoms with E-state index in [1.807, 2.05) is 0 Å². The molecule has 1 aliphatic heterocycles. The molecule has 1 aromatic rings. The number of amides is 2. The molecule has 0 bridgehead atoms. The molecular formula is C16H21FN2O3. The van der Waals surface area contributed by atoms with Gasteiger partial charge in [0.05, 0.1) is 12.5 Å². The van der Waals surface area contributed by atoms with Crippen molar-refractivity contribution in [1.82, 2.24) is 10.2 Å². The molecule has 6 heteroatoms. The van der Waals surface area contributed by atoms with E-state index < -0.39 is 0 Å². The van der Waals surface area contributed by atoms with Gasteiger partial charge >= 0.3 is 0 Å². The number of nitrogens with one attached hydrogen (secondary N) is 1. The SMILES string of the molecule is COCCNC(=O)C1CCCN(C(=O)c2ccc(F)cc2)C1. The number of hydrogen-bond acceptors (Lipinski definition) is 3. The first-order valence-electron chi connectivity index (χ1n) is 7.43. The topological polar surface area (TPSA) is 58.6 Å². The summed E-state index contributed by atoms with van der Waals surface area (Å²) in [5.74, 6) is -0.774. The smallest absolute Gasteiger partial charge is 0.253 e. The molecule has 0 spiro atoms. The van der Waals surface area contributed by atoms with Crippen LogP contribution < -0.4 is 5.32 Å². The molecule has 1 saturated heterocycles. The summed E-state index contributed by atoms with van der Waals surface area (Å²) in [5, 5.41) is 2.81. The van der Waals surface area contributed by atoms with Crippen LogP contribution in [0.1, 0.15) is 23.2 Å². The van der Waals surface area contributed by atoms with E-state index >= 15 is 0 Å². The number of carbonyl (C=O) groups excluding carboxylic acids is 2. The number of carbonyl (C=O) groups is 2. The first kappa shape index (κ1) is 16.4. The fourth-order valence-corrected chi connectivity index (χ4v) is 2.57. The maximum Gasteiger partial charge on any atom is 0.253 e. The minimum absolute atomic E-state index is 0.0475. The van der Waals surface area contributed by atoms with E-state index in [1.165, 1.54) is 24.3 Å². The van der Waals surface area contributed by atoms with E-state index in [-0.39, 0.29) is 23.5 Å². The van der Waals surface area contributed by atoms with Crippen LogP contribution in [0, 0.1) is 11.7 Å². The third kappa shape index (κ3) is 4.27. The van der Waals surface area contributed by atoms with Crippen LogP contribution in [0.3, 0.4) is 0 Å². The number of methoxy groups -OCH3 is 1. The lowest BCUT2D eigenvalue weighted by Crippen LogP contribution is -2.45. The Morgan fingerprint density at radius 3 is 2.77 bits per heavy atom. The molecule has 1 aromatic carbocycles. The normalized spacial score (nSPS) is 18.1. The zero-order valence-electron chi connectivity index (χ0n) is 12.7. The lowest BCUT2D eigenvalue weighted by molar-refractivity contribution is -0.126. The van der Waals surface area contributed by atoms with Gasteiger partial charge in [-0.1, -0.05) is 0 Å². The summed E-state index contributed by atoms with van der Waals surface area (Å²) >= 11 is 0. The molecule has 0 aliphatic carbocycles. The molecule has 22 heavy (non-hydrogen) atoms. The number of piperidine rings is 1. The fourth-order valence-electron chi connectivity index (χ4n) is 2.57. The molecule has 0 radical (unpaired) electrons. The molecule has 0 saturated carbocycles. The summed E-state index contributed by atoms with van der Waals surface area (Å²) in [7, 11) is 1.58. The van der Waals surface area contributed by atoms with Gasteiger partial charge in [0.2, 0.25) is 5.91 Å². The molecule has 1 heterocycles. The third-order valence-electron chi connectivity index (χ3n) is 3.78. The van der Waals surface area contributed by atoms with Crippen LogP contribution in [0.4, 0.5) is 4.39 Å². The van der Waals surface area contributed by atoms with Gasteiger partial charge in [-0.15, -0.1) is 0 Å². The van der Waals surface area contributed by atoms with Gasteiger partial charge in [-0.3, -0.25) is 9.59 Å². The van der Waals surface area contributed by atoms with E-state index in [9.17, 15) is 14.0 Å². The molecule has 1 fully saturated rings. The summed E-state index contributed by atoms with van der Waals surface area (Å²) < 4.78 is 17.8. The second kappa shape index (κ2) is 7.89. The summed E-state index contributed by atoms with van der Waals surface area (Å²) in [4.78, 5) is 26.1. The van der Waals surface area contributed by atoms with Crippen molar-refractivity contribution < 1.29 is 18.7 Å². The van der Waals surface area contributed by atoms with E-state index in [1.54, 1.807) is 12.0 Å². The van der Waals surface area contributed by atoms with Gasteiger partial charge < -0.3 is 15.0 Å². The predicted molar refractivity (Wildman–Crippen MR) is 79.9 cm³/mol. The molecule has 5 nitrogen and oxygen atoms in total. The van der Waals surface area contributed by atoms with Gasteiger partial charge in [0.1, 0.15) is 5.82 Å². The zero-order chi connectivity index (χ0) is 15.9. The molecule has 1 aliphatic rings. The number of nitrogens with zero attached hydrogens (tertiary/aromatic N) is 1. The lowest BCUT2D eigenvalue weighted by Gasteiger charge is -2.32. The fraction of sp³-hybridized carbons (Fsp3) is 0.500. The van der Waals surface area contributed by atoms with Crippen molar-refractivity contribution in [2.75, 3.05) is 33.4 Å². The zero-order valence-corrected chi connectivity index (χ0v) is 12.7. The van der Waals surface area contributed by atoms with Crippen LogP contribution in [-0.4, -0.2) is 50.1 Å². The van der Waals surface area contributed by atoms with Crippen molar-refractivity contribution in [2.24, 2.45) is 5.92 Å². The summed E-state index contributed by atoms with van der Waals surface area (Å²) in [6.45, 7) is 1.96. The molecular weight excluding hydrogens is 287 g/mol. The number of rotatable bonds is 5. The van der Waals surface area contributed by atoms with Gasteiger partial charge in [0.15, 0.2) is 0 Å². The molecule has 2 amide bonds. The summed E-state index contributed by atoms with van der Waals surface area (Å²) in [6, 6.07) is 5.48. The Kier molecular flexibility index (Phi) is 5.89. The van der Waals surface area contributed by atoms with Crippen LogP contribution in [0.15, 0.2) is 24.3 Å². The highest BCUT2D eigenvalue weighted by Crippen LogP contribution is 2.19. The number of halogens is 1. The summed E-state index contributed by atoms with van der Waals surface area (Å²) in [5.41, 5.74) is 0.446. The molecule has 2 rings (SSSR count). The minimum Gasteiger partial charge on any atom is -0.383 e.